The van der Waals surface area contributed by atoms with Crippen LogP contribution in [-0.2, 0) is 13.0 Å². The fraction of sp³-hybridized carbons (Fsp3) is 0.240. The molecule has 2 heterocycles. The first-order chi connectivity index (χ1) is 15.3. The van der Waals surface area contributed by atoms with Crippen molar-refractivity contribution in [3.8, 4) is 28.7 Å². The Morgan fingerprint density at radius 1 is 0.903 bits per heavy atom. The van der Waals surface area contributed by atoms with Gasteiger partial charge in [-0.1, -0.05) is 30.3 Å². The molecule has 5 rings (SSSR count). The number of aliphatic imine (C=N–C) groups is 1. The lowest BCUT2D eigenvalue weighted by molar-refractivity contribution is 0.174. The molecule has 0 aromatic heterocycles. The first kappa shape index (κ1) is 19.3. The lowest BCUT2D eigenvalue weighted by Crippen LogP contribution is -2.14. The molecule has 3 aromatic carbocycles. The molecule has 0 radical (unpaired) electrons. The molecule has 0 fully saturated rings. The Morgan fingerprint density at radius 2 is 1.61 bits per heavy atom. The molecule has 0 bridgehead atoms. The Morgan fingerprint density at radius 3 is 2.32 bits per heavy atom. The minimum Gasteiger partial charge on any atom is -0.493 e. The van der Waals surface area contributed by atoms with E-state index in [1.807, 2.05) is 48.5 Å². The second kappa shape index (κ2) is 8.22. The Balaban J connectivity index is 1.52. The van der Waals surface area contributed by atoms with Crippen LogP contribution in [0.5, 0.6) is 28.7 Å². The van der Waals surface area contributed by atoms with Gasteiger partial charge in [0.1, 0.15) is 6.61 Å². The standard InChI is InChI=1S/C25H23NO5/c1-27-22-11-18(12-23(28-2)25(22)29-14-16-6-4-3-5-7-16)24-19-13-21-20(30-15-31-21)10-17(19)8-9-26-24/h3-7,10-13H,8-9,14-15H2,1-2H3. The summed E-state index contributed by atoms with van der Waals surface area (Å²) in [6, 6.07) is 17.9. The molecule has 0 N–H and O–H groups in total. The van der Waals surface area contributed by atoms with Crippen LogP contribution in [0.3, 0.4) is 0 Å². The van der Waals surface area contributed by atoms with E-state index in [4.69, 9.17) is 28.7 Å². The first-order valence-corrected chi connectivity index (χ1v) is 10.2. The van der Waals surface area contributed by atoms with Crippen LogP contribution in [0, 0.1) is 0 Å². The van der Waals surface area contributed by atoms with E-state index in [1.165, 1.54) is 5.56 Å². The van der Waals surface area contributed by atoms with E-state index in [0.717, 1.165) is 40.3 Å². The van der Waals surface area contributed by atoms with E-state index in [1.54, 1.807) is 14.2 Å². The van der Waals surface area contributed by atoms with Crippen molar-refractivity contribution in [2.24, 2.45) is 4.99 Å². The predicted molar refractivity (Wildman–Crippen MR) is 117 cm³/mol. The van der Waals surface area contributed by atoms with Crippen LogP contribution < -0.4 is 23.7 Å². The van der Waals surface area contributed by atoms with E-state index in [-0.39, 0.29) is 6.79 Å². The van der Waals surface area contributed by atoms with E-state index in [2.05, 4.69) is 6.07 Å². The molecule has 2 aliphatic heterocycles. The molecule has 0 unspecified atom stereocenters. The van der Waals surface area contributed by atoms with Crippen LogP contribution in [0.15, 0.2) is 59.6 Å². The number of hydrogen-bond acceptors (Lipinski definition) is 6. The Bertz CT molecular complexity index is 1120. The van der Waals surface area contributed by atoms with Gasteiger partial charge in [0.2, 0.25) is 12.5 Å². The molecule has 3 aromatic rings. The molecule has 31 heavy (non-hydrogen) atoms. The van der Waals surface area contributed by atoms with E-state index in [9.17, 15) is 0 Å². The van der Waals surface area contributed by atoms with Gasteiger partial charge in [0, 0.05) is 17.7 Å². The molecule has 0 saturated carbocycles. The summed E-state index contributed by atoms with van der Waals surface area (Å²) in [5, 5.41) is 0. The average Bonchev–Trinajstić information content (AvgIpc) is 3.28. The SMILES string of the molecule is COc1cc(C2=NCCc3cc4c(cc32)OCO4)cc(OC)c1OCc1ccccc1. The molecular weight excluding hydrogens is 394 g/mol. The highest BCUT2D eigenvalue weighted by Gasteiger charge is 2.25. The third-order valence-corrected chi connectivity index (χ3v) is 5.46. The molecule has 0 spiro atoms. The molecule has 0 aliphatic carbocycles. The van der Waals surface area contributed by atoms with Gasteiger partial charge in [0.15, 0.2) is 23.0 Å². The largest absolute Gasteiger partial charge is 0.493 e. The summed E-state index contributed by atoms with van der Waals surface area (Å²) in [6.07, 6.45) is 0.863. The second-order valence-corrected chi connectivity index (χ2v) is 7.33. The van der Waals surface area contributed by atoms with Crippen LogP contribution in [0.25, 0.3) is 0 Å². The molecule has 6 nitrogen and oxygen atoms in total. The van der Waals surface area contributed by atoms with Crippen molar-refractivity contribution in [2.45, 2.75) is 13.0 Å². The van der Waals surface area contributed by atoms with Crippen molar-refractivity contribution < 1.29 is 23.7 Å². The maximum absolute atomic E-state index is 6.08. The summed E-state index contributed by atoms with van der Waals surface area (Å²) in [5.41, 5.74) is 5.08. The summed E-state index contributed by atoms with van der Waals surface area (Å²) in [7, 11) is 3.26. The van der Waals surface area contributed by atoms with Gasteiger partial charge in [-0.15, -0.1) is 0 Å². The van der Waals surface area contributed by atoms with Gasteiger partial charge >= 0.3 is 0 Å². The highest BCUT2D eigenvalue weighted by molar-refractivity contribution is 6.15. The lowest BCUT2D eigenvalue weighted by Gasteiger charge is -2.20. The van der Waals surface area contributed by atoms with Gasteiger partial charge < -0.3 is 23.7 Å². The number of ether oxygens (including phenoxy) is 5. The molecule has 158 valence electrons. The number of rotatable bonds is 6. The van der Waals surface area contributed by atoms with Gasteiger partial charge in [-0.05, 0) is 41.8 Å². The zero-order valence-corrected chi connectivity index (χ0v) is 17.5. The monoisotopic (exact) mass is 417 g/mol. The first-order valence-electron chi connectivity index (χ1n) is 10.2. The highest BCUT2D eigenvalue weighted by Crippen LogP contribution is 2.42. The van der Waals surface area contributed by atoms with Crippen LogP contribution >= 0.6 is 0 Å². The molecular formula is C25H23NO5. The summed E-state index contributed by atoms with van der Waals surface area (Å²) >= 11 is 0. The summed E-state index contributed by atoms with van der Waals surface area (Å²) in [5.74, 6) is 3.30. The quantitative estimate of drug-likeness (QED) is 0.595. The lowest BCUT2D eigenvalue weighted by atomic mass is 9.92. The third kappa shape index (κ3) is 3.65. The fourth-order valence-corrected chi connectivity index (χ4v) is 3.92. The van der Waals surface area contributed by atoms with Crippen molar-refractivity contribution in [1.29, 1.82) is 0 Å². The van der Waals surface area contributed by atoms with E-state index in [0.29, 0.717) is 30.4 Å². The minimum atomic E-state index is 0.250. The number of methoxy groups -OCH3 is 2. The number of nitrogens with zero attached hydrogens (tertiary/aromatic N) is 1. The predicted octanol–water partition coefficient (Wildman–Crippen LogP) is 4.41. The van der Waals surface area contributed by atoms with E-state index < -0.39 is 0 Å². The van der Waals surface area contributed by atoms with Crippen LogP contribution in [-0.4, -0.2) is 33.3 Å². The average molecular weight is 417 g/mol. The molecule has 2 aliphatic rings. The second-order valence-electron chi connectivity index (χ2n) is 7.33. The van der Waals surface area contributed by atoms with Crippen molar-refractivity contribution in [3.05, 3.63) is 76.9 Å². The van der Waals surface area contributed by atoms with Crippen LogP contribution in [0.2, 0.25) is 0 Å². The maximum atomic E-state index is 6.08. The summed E-state index contributed by atoms with van der Waals surface area (Å²) in [4.78, 5) is 4.81. The Hall–Kier alpha value is -3.67. The zero-order chi connectivity index (χ0) is 21.2. The van der Waals surface area contributed by atoms with Gasteiger partial charge in [-0.3, -0.25) is 4.99 Å². The highest BCUT2D eigenvalue weighted by atomic mass is 16.7. The normalized spacial score (nSPS) is 13.9. The molecule has 0 amide bonds. The van der Waals surface area contributed by atoms with Gasteiger partial charge in [0.25, 0.3) is 0 Å². The van der Waals surface area contributed by atoms with Crippen LogP contribution in [0.4, 0.5) is 0 Å². The minimum absolute atomic E-state index is 0.250. The van der Waals surface area contributed by atoms with E-state index >= 15 is 0 Å². The molecule has 0 saturated heterocycles. The van der Waals surface area contributed by atoms with Crippen molar-refractivity contribution in [1.82, 2.24) is 0 Å². The zero-order valence-electron chi connectivity index (χ0n) is 17.5. The van der Waals surface area contributed by atoms with Crippen LogP contribution in [0.1, 0.15) is 22.3 Å². The maximum Gasteiger partial charge on any atom is 0.231 e. The third-order valence-electron chi connectivity index (χ3n) is 5.46. The van der Waals surface area contributed by atoms with Gasteiger partial charge in [0.05, 0.1) is 19.9 Å². The Labute approximate surface area is 181 Å². The Kier molecular flexibility index (Phi) is 5.12. The van der Waals surface area contributed by atoms with Crippen molar-refractivity contribution >= 4 is 5.71 Å². The number of benzene rings is 3. The molecule has 0 atom stereocenters. The van der Waals surface area contributed by atoms with Crippen molar-refractivity contribution in [2.75, 3.05) is 27.6 Å². The van der Waals surface area contributed by atoms with Crippen molar-refractivity contribution in [3.63, 3.8) is 0 Å². The smallest absolute Gasteiger partial charge is 0.231 e. The molecule has 6 heteroatoms. The summed E-state index contributed by atoms with van der Waals surface area (Å²) < 4.78 is 28.5. The van der Waals surface area contributed by atoms with Gasteiger partial charge in [-0.2, -0.15) is 0 Å². The number of hydrogen-bond donors (Lipinski definition) is 0. The topological polar surface area (TPSA) is 58.5 Å². The number of fused-ring (bicyclic) bond motifs is 2. The fourth-order valence-electron chi connectivity index (χ4n) is 3.92. The van der Waals surface area contributed by atoms with Gasteiger partial charge in [-0.25, -0.2) is 0 Å². The summed E-state index contributed by atoms with van der Waals surface area (Å²) in [6.45, 7) is 1.37.